The highest BCUT2D eigenvalue weighted by atomic mass is 16.5. The molecule has 5 nitrogen and oxygen atoms in total. The van der Waals surface area contributed by atoms with E-state index in [2.05, 4.69) is 5.32 Å². The molecule has 23 heavy (non-hydrogen) atoms. The van der Waals surface area contributed by atoms with Crippen molar-refractivity contribution in [2.45, 2.75) is 50.8 Å². The lowest BCUT2D eigenvalue weighted by Crippen LogP contribution is -2.41. The van der Waals surface area contributed by atoms with Crippen LogP contribution < -0.4 is 5.32 Å². The number of nitrogens with one attached hydrogen (secondary N) is 1. The smallest absolute Gasteiger partial charge is 0.245 e. The zero-order chi connectivity index (χ0) is 16.1. The number of rotatable bonds is 6. The first-order chi connectivity index (χ1) is 11.2. The van der Waals surface area contributed by atoms with Crippen molar-refractivity contribution in [3.05, 3.63) is 35.9 Å². The van der Waals surface area contributed by atoms with E-state index in [-0.39, 0.29) is 24.0 Å². The highest BCUT2D eigenvalue weighted by molar-refractivity contribution is 5.89. The van der Waals surface area contributed by atoms with Crippen molar-refractivity contribution in [2.24, 2.45) is 0 Å². The molecule has 1 N–H and O–H groups in total. The number of likely N-dealkylation sites (tertiary alicyclic amines) is 1. The Labute approximate surface area is 137 Å². The van der Waals surface area contributed by atoms with E-state index in [1.165, 1.54) is 0 Å². The standard InChI is InChI=1S/C18H24N2O3/c21-17(9-8-15-7-4-12-23-15)19-16-10-11-20(18(16)22)13-14-5-2-1-3-6-14/h1-3,5-6,15-16H,4,7-13H2,(H,19,21)/t15-,16-/m1/s1. The van der Waals surface area contributed by atoms with Crippen LogP contribution in [0.3, 0.4) is 0 Å². The van der Waals surface area contributed by atoms with E-state index in [0.29, 0.717) is 25.9 Å². The summed E-state index contributed by atoms with van der Waals surface area (Å²) in [4.78, 5) is 26.2. The Kier molecular flexibility index (Phi) is 5.28. The quantitative estimate of drug-likeness (QED) is 0.871. The largest absolute Gasteiger partial charge is 0.378 e. The van der Waals surface area contributed by atoms with Crippen molar-refractivity contribution in [1.82, 2.24) is 10.2 Å². The molecule has 0 bridgehead atoms. The monoisotopic (exact) mass is 316 g/mol. The molecule has 0 unspecified atom stereocenters. The maximum atomic E-state index is 12.4. The van der Waals surface area contributed by atoms with Crippen LogP contribution in [0.5, 0.6) is 0 Å². The van der Waals surface area contributed by atoms with Crippen LogP contribution in [-0.2, 0) is 20.9 Å². The van der Waals surface area contributed by atoms with E-state index < -0.39 is 0 Å². The molecule has 2 fully saturated rings. The molecule has 5 heteroatoms. The Bertz CT molecular complexity index is 540. The predicted octanol–water partition coefficient (Wildman–Crippen LogP) is 1.86. The minimum Gasteiger partial charge on any atom is -0.378 e. The fraction of sp³-hybridized carbons (Fsp3) is 0.556. The lowest BCUT2D eigenvalue weighted by atomic mass is 10.1. The minimum atomic E-state index is -0.365. The average molecular weight is 316 g/mol. The van der Waals surface area contributed by atoms with Gasteiger partial charge in [0, 0.05) is 26.1 Å². The fourth-order valence-corrected chi connectivity index (χ4v) is 3.26. The number of benzene rings is 1. The number of carbonyl (C=O) groups is 2. The molecule has 124 valence electrons. The van der Waals surface area contributed by atoms with Gasteiger partial charge in [-0.15, -0.1) is 0 Å². The zero-order valence-corrected chi connectivity index (χ0v) is 13.4. The van der Waals surface area contributed by atoms with Gasteiger partial charge in [0.1, 0.15) is 6.04 Å². The molecule has 2 aliphatic rings. The third-order valence-electron chi connectivity index (χ3n) is 4.57. The third kappa shape index (κ3) is 4.32. The molecule has 2 amide bonds. The minimum absolute atomic E-state index is 0.0271. The van der Waals surface area contributed by atoms with Crippen molar-refractivity contribution in [3.63, 3.8) is 0 Å². The van der Waals surface area contributed by atoms with Crippen LogP contribution in [0.4, 0.5) is 0 Å². The zero-order valence-electron chi connectivity index (χ0n) is 13.4. The lowest BCUT2D eigenvalue weighted by molar-refractivity contribution is -0.133. The average Bonchev–Trinajstić information content (AvgIpc) is 3.19. The van der Waals surface area contributed by atoms with E-state index in [1.54, 1.807) is 0 Å². The van der Waals surface area contributed by atoms with Crippen LogP contribution in [0.15, 0.2) is 30.3 Å². The van der Waals surface area contributed by atoms with Crippen molar-refractivity contribution in [1.29, 1.82) is 0 Å². The van der Waals surface area contributed by atoms with Crippen LogP contribution in [0, 0.1) is 0 Å². The van der Waals surface area contributed by atoms with E-state index >= 15 is 0 Å². The second-order valence-corrected chi connectivity index (χ2v) is 6.33. The summed E-state index contributed by atoms with van der Waals surface area (Å²) in [6, 6.07) is 9.57. The molecule has 0 saturated carbocycles. The Morgan fingerprint density at radius 1 is 1.26 bits per heavy atom. The summed E-state index contributed by atoms with van der Waals surface area (Å²) in [5, 5.41) is 2.88. The molecular weight excluding hydrogens is 292 g/mol. The first-order valence-electron chi connectivity index (χ1n) is 8.46. The Hall–Kier alpha value is -1.88. The summed E-state index contributed by atoms with van der Waals surface area (Å²) >= 11 is 0. The van der Waals surface area contributed by atoms with Gasteiger partial charge in [0.05, 0.1) is 6.10 Å². The van der Waals surface area contributed by atoms with Crippen LogP contribution in [0.2, 0.25) is 0 Å². The van der Waals surface area contributed by atoms with Gasteiger partial charge >= 0.3 is 0 Å². The summed E-state index contributed by atoms with van der Waals surface area (Å²) in [7, 11) is 0. The molecule has 0 aromatic heterocycles. The van der Waals surface area contributed by atoms with Crippen molar-refractivity contribution in [2.75, 3.05) is 13.2 Å². The van der Waals surface area contributed by atoms with E-state index in [0.717, 1.165) is 31.4 Å². The number of nitrogens with zero attached hydrogens (tertiary/aromatic N) is 1. The lowest BCUT2D eigenvalue weighted by Gasteiger charge is -2.17. The summed E-state index contributed by atoms with van der Waals surface area (Å²) in [5.74, 6) is -0.0141. The van der Waals surface area contributed by atoms with Crippen LogP contribution in [-0.4, -0.2) is 42.0 Å². The van der Waals surface area contributed by atoms with Gasteiger partial charge in [0.2, 0.25) is 11.8 Å². The third-order valence-corrected chi connectivity index (χ3v) is 4.57. The second-order valence-electron chi connectivity index (χ2n) is 6.33. The van der Waals surface area contributed by atoms with E-state index in [9.17, 15) is 9.59 Å². The maximum absolute atomic E-state index is 12.4. The highest BCUT2D eigenvalue weighted by Crippen LogP contribution is 2.18. The van der Waals surface area contributed by atoms with Gasteiger partial charge in [-0.1, -0.05) is 30.3 Å². The first kappa shape index (κ1) is 16.0. The van der Waals surface area contributed by atoms with Gasteiger partial charge in [-0.2, -0.15) is 0 Å². The molecule has 0 spiro atoms. The first-order valence-corrected chi connectivity index (χ1v) is 8.46. The van der Waals surface area contributed by atoms with Crippen LogP contribution >= 0.6 is 0 Å². The van der Waals surface area contributed by atoms with Gasteiger partial charge in [-0.05, 0) is 31.2 Å². The van der Waals surface area contributed by atoms with Crippen molar-refractivity contribution < 1.29 is 14.3 Å². The van der Waals surface area contributed by atoms with Crippen LogP contribution in [0.25, 0.3) is 0 Å². The number of ether oxygens (including phenoxy) is 1. The van der Waals surface area contributed by atoms with E-state index in [1.807, 2.05) is 35.2 Å². The highest BCUT2D eigenvalue weighted by Gasteiger charge is 2.32. The molecule has 2 aliphatic heterocycles. The molecule has 1 aromatic rings. The van der Waals surface area contributed by atoms with Gasteiger partial charge in [-0.25, -0.2) is 0 Å². The topological polar surface area (TPSA) is 58.6 Å². The molecule has 2 atom stereocenters. The predicted molar refractivity (Wildman–Crippen MR) is 86.6 cm³/mol. The number of amides is 2. The summed E-state index contributed by atoms with van der Waals surface area (Å²) in [6.07, 6.45) is 4.22. The molecule has 0 aliphatic carbocycles. The van der Waals surface area contributed by atoms with Crippen LogP contribution in [0.1, 0.15) is 37.7 Å². The molecule has 2 saturated heterocycles. The summed E-state index contributed by atoms with van der Waals surface area (Å²) in [6.45, 7) is 2.12. The Morgan fingerprint density at radius 2 is 2.09 bits per heavy atom. The number of hydrogen-bond donors (Lipinski definition) is 1. The number of hydrogen-bond acceptors (Lipinski definition) is 3. The summed E-state index contributed by atoms with van der Waals surface area (Å²) < 4.78 is 5.52. The van der Waals surface area contributed by atoms with Gasteiger partial charge in [0.15, 0.2) is 0 Å². The van der Waals surface area contributed by atoms with Gasteiger partial charge < -0.3 is 15.0 Å². The SMILES string of the molecule is O=C(CC[C@H]1CCCO1)N[C@@H]1CCN(Cc2ccccc2)C1=O. The van der Waals surface area contributed by atoms with Gasteiger partial charge in [0.25, 0.3) is 0 Å². The van der Waals surface area contributed by atoms with Gasteiger partial charge in [-0.3, -0.25) is 9.59 Å². The van der Waals surface area contributed by atoms with Crippen molar-refractivity contribution >= 4 is 11.8 Å². The molecule has 2 heterocycles. The Morgan fingerprint density at radius 3 is 2.83 bits per heavy atom. The molecule has 1 aromatic carbocycles. The number of carbonyl (C=O) groups excluding carboxylic acids is 2. The Balaban J connectivity index is 1.44. The molecular formula is C18H24N2O3. The second kappa shape index (κ2) is 7.59. The van der Waals surface area contributed by atoms with Crippen molar-refractivity contribution in [3.8, 4) is 0 Å². The fourth-order valence-electron chi connectivity index (χ4n) is 3.26. The maximum Gasteiger partial charge on any atom is 0.245 e. The summed E-state index contributed by atoms with van der Waals surface area (Å²) in [5.41, 5.74) is 1.12. The molecule has 3 rings (SSSR count). The normalized spacial score (nSPS) is 24.2. The van der Waals surface area contributed by atoms with E-state index in [4.69, 9.17) is 4.74 Å². The molecule has 0 radical (unpaired) electrons.